The second-order valence-corrected chi connectivity index (χ2v) is 2.95. The number of nitrogens with two attached hydrogens (primary N) is 1. The van der Waals surface area contributed by atoms with Crippen molar-refractivity contribution < 1.29 is 14.7 Å². The van der Waals surface area contributed by atoms with Gasteiger partial charge in [-0.1, -0.05) is 0 Å². The number of unbranched alkanes of at least 4 members (excludes halogenated alkanes) is 1. The molecule has 0 aliphatic heterocycles. The second kappa shape index (κ2) is 7.14. The van der Waals surface area contributed by atoms with E-state index in [1.807, 2.05) is 0 Å². The highest BCUT2D eigenvalue weighted by atomic mass is 16.4. The Balaban J connectivity index is 3.36. The lowest BCUT2D eigenvalue weighted by atomic mass is 10.1. The van der Waals surface area contributed by atoms with E-state index in [4.69, 9.17) is 10.8 Å². The number of amides is 2. The van der Waals surface area contributed by atoms with Crippen LogP contribution in [0.4, 0.5) is 4.79 Å². The smallest absolute Gasteiger partial charge is 0.404 e. The summed E-state index contributed by atoms with van der Waals surface area (Å²) >= 11 is 0. The molecule has 0 saturated heterocycles. The molecule has 6 heteroatoms. The Morgan fingerprint density at radius 1 is 1.43 bits per heavy atom. The molecule has 14 heavy (non-hydrogen) atoms. The van der Waals surface area contributed by atoms with E-state index in [0.717, 1.165) is 6.42 Å². The number of hydrogen-bond donors (Lipinski definition) is 4. The molecular formula is C8H17N3O3. The van der Waals surface area contributed by atoms with Crippen LogP contribution in [0.2, 0.25) is 0 Å². The maximum atomic E-state index is 10.9. The molecule has 0 aliphatic carbocycles. The Hall–Kier alpha value is -1.30. The van der Waals surface area contributed by atoms with Gasteiger partial charge in [-0.05, 0) is 19.3 Å². The van der Waals surface area contributed by atoms with E-state index < -0.39 is 12.1 Å². The Kier molecular flexibility index (Phi) is 6.47. The number of carbonyl (C=O) groups excluding carboxylic acids is 1. The molecular weight excluding hydrogens is 186 g/mol. The van der Waals surface area contributed by atoms with Crippen molar-refractivity contribution in [3.05, 3.63) is 0 Å². The first-order valence-electron chi connectivity index (χ1n) is 4.52. The van der Waals surface area contributed by atoms with Crippen molar-refractivity contribution in [2.24, 2.45) is 5.73 Å². The van der Waals surface area contributed by atoms with Gasteiger partial charge in [0.2, 0.25) is 5.91 Å². The summed E-state index contributed by atoms with van der Waals surface area (Å²) in [5, 5.41) is 12.9. The number of likely N-dealkylation sites (N-methyl/N-ethyl adjacent to an activating group) is 1. The lowest BCUT2D eigenvalue weighted by Crippen LogP contribution is -2.38. The first-order chi connectivity index (χ1) is 6.57. The van der Waals surface area contributed by atoms with Gasteiger partial charge in [-0.3, -0.25) is 4.79 Å². The zero-order chi connectivity index (χ0) is 11.0. The van der Waals surface area contributed by atoms with Crippen molar-refractivity contribution in [2.75, 3.05) is 13.6 Å². The predicted molar refractivity (Wildman–Crippen MR) is 51.9 cm³/mol. The Morgan fingerprint density at radius 2 is 2.07 bits per heavy atom. The number of carbonyl (C=O) groups is 2. The Labute approximate surface area is 82.9 Å². The van der Waals surface area contributed by atoms with Crippen molar-refractivity contribution in [3.63, 3.8) is 0 Å². The molecule has 0 rings (SSSR count). The molecule has 0 fully saturated rings. The fourth-order valence-corrected chi connectivity index (χ4v) is 1.00. The molecule has 2 amide bonds. The van der Waals surface area contributed by atoms with E-state index in [0.29, 0.717) is 19.4 Å². The van der Waals surface area contributed by atoms with E-state index in [9.17, 15) is 9.59 Å². The Bertz CT molecular complexity index is 196. The third-order valence-electron chi connectivity index (χ3n) is 1.80. The first-order valence-corrected chi connectivity index (χ1v) is 4.52. The van der Waals surface area contributed by atoms with Crippen molar-refractivity contribution in [3.8, 4) is 0 Å². The summed E-state index contributed by atoms with van der Waals surface area (Å²) in [6.07, 6.45) is 0.966. The molecule has 82 valence electrons. The second-order valence-electron chi connectivity index (χ2n) is 2.95. The molecule has 0 aromatic heterocycles. The van der Waals surface area contributed by atoms with Gasteiger partial charge in [-0.2, -0.15) is 0 Å². The highest BCUT2D eigenvalue weighted by molar-refractivity contribution is 5.81. The van der Waals surface area contributed by atoms with Gasteiger partial charge in [0.05, 0.1) is 6.04 Å². The SMILES string of the molecule is CNC(=O)C(N)CCCCNC(=O)O. The fourth-order valence-electron chi connectivity index (χ4n) is 1.00. The lowest BCUT2D eigenvalue weighted by Gasteiger charge is -2.09. The molecule has 0 radical (unpaired) electrons. The third-order valence-corrected chi connectivity index (χ3v) is 1.80. The number of hydrogen-bond acceptors (Lipinski definition) is 3. The summed E-state index contributed by atoms with van der Waals surface area (Å²) in [5.41, 5.74) is 5.52. The summed E-state index contributed by atoms with van der Waals surface area (Å²) in [5.74, 6) is -0.184. The number of nitrogens with one attached hydrogen (secondary N) is 2. The summed E-state index contributed by atoms with van der Waals surface area (Å²) in [6, 6.07) is -0.496. The quantitative estimate of drug-likeness (QED) is 0.437. The van der Waals surface area contributed by atoms with Gasteiger partial charge >= 0.3 is 6.09 Å². The normalized spacial score (nSPS) is 11.9. The van der Waals surface area contributed by atoms with Crippen molar-refractivity contribution >= 4 is 12.0 Å². The van der Waals surface area contributed by atoms with Crippen LogP contribution in [0.1, 0.15) is 19.3 Å². The van der Waals surface area contributed by atoms with Gasteiger partial charge in [-0.15, -0.1) is 0 Å². The maximum absolute atomic E-state index is 10.9. The average Bonchev–Trinajstić information content (AvgIpc) is 2.15. The minimum absolute atomic E-state index is 0.184. The van der Waals surface area contributed by atoms with Crippen LogP contribution in [0.25, 0.3) is 0 Å². The molecule has 6 nitrogen and oxygen atoms in total. The fraction of sp³-hybridized carbons (Fsp3) is 0.750. The summed E-state index contributed by atoms with van der Waals surface area (Å²) < 4.78 is 0. The number of rotatable bonds is 6. The van der Waals surface area contributed by atoms with Crippen LogP contribution >= 0.6 is 0 Å². The molecule has 0 spiro atoms. The van der Waals surface area contributed by atoms with Gasteiger partial charge in [0.25, 0.3) is 0 Å². The van der Waals surface area contributed by atoms with Crippen molar-refractivity contribution in [1.82, 2.24) is 10.6 Å². The lowest BCUT2D eigenvalue weighted by molar-refractivity contribution is -0.122. The molecule has 0 saturated carbocycles. The van der Waals surface area contributed by atoms with Gasteiger partial charge in [0.1, 0.15) is 0 Å². The molecule has 0 bridgehead atoms. The average molecular weight is 203 g/mol. The molecule has 1 unspecified atom stereocenters. The van der Waals surface area contributed by atoms with Crippen LogP contribution in [-0.4, -0.2) is 36.7 Å². The number of carboxylic acid groups (broad SMARTS) is 1. The van der Waals surface area contributed by atoms with Crippen molar-refractivity contribution in [2.45, 2.75) is 25.3 Å². The van der Waals surface area contributed by atoms with Crippen LogP contribution < -0.4 is 16.4 Å². The largest absolute Gasteiger partial charge is 0.465 e. The molecule has 0 aromatic carbocycles. The Morgan fingerprint density at radius 3 is 2.57 bits per heavy atom. The molecule has 0 heterocycles. The van der Waals surface area contributed by atoms with E-state index >= 15 is 0 Å². The van der Waals surface area contributed by atoms with Gasteiger partial charge in [0.15, 0.2) is 0 Å². The predicted octanol–water partition coefficient (Wildman–Crippen LogP) is -0.502. The maximum Gasteiger partial charge on any atom is 0.404 e. The monoisotopic (exact) mass is 203 g/mol. The summed E-state index contributed by atoms with van der Waals surface area (Å²) in [6.45, 7) is 0.399. The van der Waals surface area contributed by atoms with E-state index in [2.05, 4.69) is 10.6 Å². The van der Waals surface area contributed by atoms with Gasteiger partial charge in [-0.25, -0.2) is 4.79 Å². The highest BCUT2D eigenvalue weighted by Gasteiger charge is 2.09. The zero-order valence-corrected chi connectivity index (χ0v) is 8.25. The van der Waals surface area contributed by atoms with Crippen LogP contribution in [0.15, 0.2) is 0 Å². The molecule has 0 aromatic rings. The minimum atomic E-state index is -1.03. The van der Waals surface area contributed by atoms with Crippen LogP contribution in [0.5, 0.6) is 0 Å². The van der Waals surface area contributed by atoms with E-state index in [-0.39, 0.29) is 5.91 Å². The van der Waals surface area contributed by atoms with Crippen LogP contribution in [0, 0.1) is 0 Å². The zero-order valence-electron chi connectivity index (χ0n) is 8.25. The van der Waals surface area contributed by atoms with E-state index in [1.165, 1.54) is 7.05 Å². The molecule has 0 aliphatic rings. The minimum Gasteiger partial charge on any atom is -0.465 e. The topological polar surface area (TPSA) is 104 Å². The highest BCUT2D eigenvalue weighted by Crippen LogP contribution is 1.97. The molecule has 5 N–H and O–H groups in total. The first kappa shape index (κ1) is 12.7. The standard InChI is InChI=1S/C8H17N3O3/c1-10-7(12)6(9)4-2-3-5-11-8(13)14/h6,11H,2-5,9H2,1H3,(H,10,12)(H,13,14). The van der Waals surface area contributed by atoms with Gasteiger partial charge in [0, 0.05) is 13.6 Å². The van der Waals surface area contributed by atoms with Crippen LogP contribution in [0.3, 0.4) is 0 Å². The van der Waals surface area contributed by atoms with Crippen molar-refractivity contribution in [1.29, 1.82) is 0 Å². The summed E-state index contributed by atoms with van der Waals surface area (Å²) in [7, 11) is 1.54. The molecule has 1 atom stereocenters. The third kappa shape index (κ3) is 6.24. The van der Waals surface area contributed by atoms with E-state index in [1.54, 1.807) is 0 Å². The van der Waals surface area contributed by atoms with Crippen LogP contribution in [-0.2, 0) is 4.79 Å². The van der Waals surface area contributed by atoms with Gasteiger partial charge < -0.3 is 21.5 Å². The summed E-state index contributed by atoms with van der Waals surface area (Å²) in [4.78, 5) is 21.0.